The first-order chi connectivity index (χ1) is 7.33. The van der Waals surface area contributed by atoms with E-state index in [-0.39, 0.29) is 0 Å². The molecule has 1 fully saturated rings. The summed E-state index contributed by atoms with van der Waals surface area (Å²) in [5.74, 6) is 1.37. The number of hydrogen-bond acceptors (Lipinski definition) is 3. The lowest BCUT2D eigenvalue weighted by molar-refractivity contribution is 0.698. The molecule has 2 aromatic heterocycles. The molecule has 0 saturated carbocycles. The van der Waals surface area contributed by atoms with Crippen molar-refractivity contribution in [2.24, 2.45) is 0 Å². The van der Waals surface area contributed by atoms with Crippen LogP contribution in [0, 0.1) is 0 Å². The van der Waals surface area contributed by atoms with Crippen molar-refractivity contribution < 1.29 is 0 Å². The van der Waals surface area contributed by atoms with Crippen LogP contribution in [0.1, 0.15) is 18.2 Å². The molecule has 1 atom stereocenters. The molecular weight excluding hydrogens is 212 g/mol. The standard InChI is InChI=1S/C10H11ClN4/c11-8-2-4-15-9(5-8)13-10(14-15)7-1-3-12-6-7/h2,4-5,7,12H,1,3,6H2. The highest BCUT2D eigenvalue weighted by atomic mass is 35.5. The summed E-state index contributed by atoms with van der Waals surface area (Å²) < 4.78 is 1.78. The van der Waals surface area contributed by atoms with Gasteiger partial charge < -0.3 is 5.32 Å². The summed E-state index contributed by atoms with van der Waals surface area (Å²) in [6.45, 7) is 2.03. The Balaban J connectivity index is 2.05. The normalized spacial score (nSPS) is 21.3. The van der Waals surface area contributed by atoms with Gasteiger partial charge in [-0.15, -0.1) is 0 Å². The highest BCUT2D eigenvalue weighted by Gasteiger charge is 2.20. The van der Waals surface area contributed by atoms with E-state index in [0.29, 0.717) is 10.9 Å². The topological polar surface area (TPSA) is 42.2 Å². The van der Waals surface area contributed by atoms with Gasteiger partial charge in [0.15, 0.2) is 11.5 Å². The molecule has 0 aliphatic carbocycles. The molecule has 15 heavy (non-hydrogen) atoms. The van der Waals surface area contributed by atoms with Crippen LogP contribution in [0.4, 0.5) is 0 Å². The Morgan fingerprint density at radius 1 is 1.53 bits per heavy atom. The number of fused-ring (bicyclic) bond motifs is 1. The Labute approximate surface area is 92.3 Å². The summed E-state index contributed by atoms with van der Waals surface area (Å²) in [6, 6.07) is 3.65. The molecular formula is C10H11ClN4. The zero-order chi connectivity index (χ0) is 10.3. The Morgan fingerprint density at radius 3 is 3.27 bits per heavy atom. The van der Waals surface area contributed by atoms with Crippen LogP contribution in [-0.4, -0.2) is 27.7 Å². The molecule has 2 aromatic rings. The van der Waals surface area contributed by atoms with Gasteiger partial charge in [-0.05, 0) is 19.0 Å². The molecule has 5 heteroatoms. The predicted octanol–water partition coefficient (Wildman–Crippen LogP) is 1.46. The average Bonchev–Trinajstić information content (AvgIpc) is 2.84. The van der Waals surface area contributed by atoms with Crippen molar-refractivity contribution in [1.29, 1.82) is 0 Å². The SMILES string of the molecule is Clc1ccn2nc(C3CCNC3)nc2c1. The van der Waals surface area contributed by atoms with E-state index in [1.54, 1.807) is 4.52 Å². The lowest BCUT2D eigenvalue weighted by atomic mass is 10.1. The molecule has 1 aliphatic rings. The van der Waals surface area contributed by atoms with Crippen LogP contribution >= 0.6 is 11.6 Å². The Bertz CT molecular complexity index is 487. The van der Waals surface area contributed by atoms with E-state index in [1.165, 1.54) is 0 Å². The Hall–Kier alpha value is -1.13. The zero-order valence-corrected chi connectivity index (χ0v) is 8.91. The molecule has 1 unspecified atom stereocenters. The first-order valence-corrected chi connectivity index (χ1v) is 5.43. The van der Waals surface area contributed by atoms with Crippen molar-refractivity contribution in [3.63, 3.8) is 0 Å². The number of aromatic nitrogens is 3. The average molecular weight is 223 g/mol. The molecule has 4 nitrogen and oxygen atoms in total. The number of rotatable bonds is 1. The van der Waals surface area contributed by atoms with Crippen molar-refractivity contribution in [3.8, 4) is 0 Å². The Kier molecular flexibility index (Phi) is 2.11. The van der Waals surface area contributed by atoms with Crippen molar-refractivity contribution in [2.45, 2.75) is 12.3 Å². The summed E-state index contributed by atoms with van der Waals surface area (Å²) in [6.07, 6.45) is 2.96. The minimum atomic E-state index is 0.448. The summed E-state index contributed by atoms with van der Waals surface area (Å²) in [4.78, 5) is 4.48. The zero-order valence-electron chi connectivity index (χ0n) is 8.15. The van der Waals surface area contributed by atoms with E-state index >= 15 is 0 Å². The first kappa shape index (κ1) is 9.12. The van der Waals surface area contributed by atoms with Gasteiger partial charge in [-0.2, -0.15) is 5.10 Å². The van der Waals surface area contributed by atoms with Crippen molar-refractivity contribution in [1.82, 2.24) is 19.9 Å². The number of pyridine rings is 1. The van der Waals surface area contributed by atoms with Gasteiger partial charge in [-0.25, -0.2) is 9.50 Å². The van der Waals surface area contributed by atoms with Gasteiger partial charge in [-0.1, -0.05) is 11.6 Å². The third-order valence-corrected chi connectivity index (χ3v) is 2.98. The third-order valence-electron chi connectivity index (χ3n) is 2.74. The van der Waals surface area contributed by atoms with Crippen LogP contribution < -0.4 is 5.32 Å². The summed E-state index contributed by atoms with van der Waals surface area (Å²) in [7, 11) is 0. The minimum absolute atomic E-state index is 0.448. The second kappa shape index (κ2) is 3.47. The highest BCUT2D eigenvalue weighted by Crippen LogP contribution is 2.20. The van der Waals surface area contributed by atoms with Crippen LogP contribution in [0.5, 0.6) is 0 Å². The van der Waals surface area contributed by atoms with E-state index in [9.17, 15) is 0 Å². The van der Waals surface area contributed by atoms with Crippen LogP contribution in [0.25, 0.3) is 5.65 Å². The predicted molar refractivity (Wildman–Crippen MR) is 58.2 cm³/mol. The van der Waals surface area contributed by atoms with E-state index < -0.39 is 0 Å². The summed E-state index contributed by atoms with van der Waals surface area (Å²) >= 11 is 5.89. The van der Waals surface area contributed by atoms with E-state index in [0.717, 1.165) is 31.0 Å². The second-order valence-electron chi connectivity index (χ2n) is 3.81. The van der Waals surface area contributed by atoms with Gasteiger partial charge in [0.2, 0.25) is 0 Å². The van der Waals surface area contributed by atoms with Gasteiger partial charge >= 0.3 is 0 Å². The van der Waals surface area contributed by atoms with Gasteiger partial charge in [0.1, 0.15) is 0 Å². The maximum absolute atomic E-state index is 5.89. The highest BCUT2D eigenvalue weighted by molar-refractivity contribution is 6.30. The number of halogens is 1. The molecule has 1 aliphatic heterocycles. The molecule has 1 saturated heterocycles. The smallest absolute Gasteiger partial charge is 0.157 e. The quantitative estimate of drug-likeness (QED) is 0.795. The van der Waals surface area contributed by atoms with Crippen LogP contribution in [-0.2, 0) is 0 Å². The molecule has 0 bridgehead atoms. The van der Waals surface area contributed by atoms with E-state index in [1.807, 2.05) is 18.3 Å². The molecule has 3 rings (SSSR count). The van der Waals surface area contributed by atoms with Gasteiger partial charge in [0, 0.05) is 29.7 Å². The van der Waals surface area contributed by atoms with E-state index in [2.05, 4.69) is 15.4 Å². The van der Waals surface area contributed by atoms with Gasteiger partial charge in [-0.3, -0.25) is 0 Å². The fraction of sp³-hybridized carbons (Fsp3) is 0.400. The molecule has 3 heterocycles. The van der Waals surface area contributed by atoms with Crippen molar-refractivity contribution in [2.75, 3.05) is 13.1 Å². The van der Waals surface area contributed by atoms with Crippen LogP contribution in [0.3, 0.4) is 0 Å². The molecule has 0 aromatic carbocycles. The summed E-state index contributed by atoms with van der Waals surface area (Å²) in [5.41, 5.74) is 0.824. The molecule has 0 spiro atoms. The number of nitrogens with one attached hydrogen (secondary N) is 1. The monoisotopic (exact) mass is 222 g/mol. The van der Waals surface area contributed by atoms with Crippen LogP contribution in [0.2, 0.25) is 5.02 Å². The minimum Gasteiger partial charge on any atom is -0.316 e. The fourth-order valence-electron chi connectivity index (χ4n) is 1.92. The van der Waals surface area contributed by atoms with Crippen LogP contribution in [0.15, 0.2) is 18.3 Å². The fourth-order valence-corrected chi connectivity index (χ4v) is 2.08. The third kappa shape index (κ3) is 1.60. The molecule has 0 radical (unpaired) electrons. The lowest BCUT2D eigenvalue weighted by Crippen LogP contribution is -2.08. The Morgan fingerprint density at radius 2 is 2.47 bits per heavy atom. The second-order valence-corrected chi connectivity index (χ2v) is 4.24. The molecule has 1 N–H and O–H groups in total. The molecule has 78 valence electrons. The van der Waals surface area contributed by atoms with Gasteiger partial charge in [0.05, 0.1) is 0 Å². The van der Waals surface area contributed by atoms with Gasteiger partial charge in [0.25, 0.3) is 0 Å². The van der Waals surface area contributed by atoms with E-state index in [4.69, 9.17) is 11.6 Å². The largest absolute Gasteiger partial charge is 0.316 e. The number of nitrogens with zero attached hydrogens (tertiary/aromatic N) is 3. The maximum atomic E-state index is 5.89. The maximum Gasteiger partial charge on any atom is 0.157 e. The van der Waals surface area contributed by atoms with Crippen molar-refractivity contribution in [3.05, 3.63) is 29.2 Å². The summed E-state index contributed by atoms with van der Waals surface area (Å²) in [5, 5.41) is 8.45. The lowest BCUT2D eigenvalue weighted by Gasteiger charge is -1.99. The first-order valence-electron chi connectivity index (χ1n) is 5.05. The molecule has 0 amide bonds. The van der Waals surface area contributed by atoms with Crippen molar-refractivity contribution >= 4 is 17.2 Å². The number of hydrogen-bond donors (Lipinski definition) is 1.